The van der Waals surface area contributed by atoms with Gasteiger partial charge in [0.15, 0.2) is 5.75 Å². The van der Waals surface area contributed by atoms with Crippen molar-refractivity contribution < 1.29 is 14.8 Å². The van der Waals surface area contributed by atoms with E-state index in [0.29, 0.717) is 11.4 Å². The summed E-state index contributed by atoms with van der Waals surface area (Å²) < 4.78 is 5.19. The van der Waals surface area contributed by atoms with Crippen molar-refractivity contribution in [2.75, 3.05) is 25.1 Å². The number of phenols is 1. The Labute approximate surface area is 196 Å². The van der Waals surface area contributed by atoms with Gasteiger partial charge in [-0.15, -0.1) is 10.2 Å². The van der Waals surface area contributed by atoms with E-state index >= 15 is 0 Å². The number of nitrogens with zero attached hydrogens (tertiary/aromatic N) is 4. The standard InChI is InChI=1S/C25H36N4O4/c1-4-6-8-10-16-28(17-11-9-7-5-2)20-12-14-22(24(30)18-20)26-27-23-15-13-21(29(31)32)19-25(23)33-3/h12-15,18-19,30H,4-11,16-17H2,1-3H3. The third kappa shape index (κ3) is 8.36. The Morgan fingerprint density at radius 3 is 2.06 bits per heavy atom. The average Bonchev–Trinajstić information content (AvgIpc) is 2.82. The molecule has 0 saturated carbocycles. The fourth-order valence-corrected chi connectivity index (χ4v) is 3.59. The number of hydrogen-bond donors (Lipinski definition) is 1. The van der Waals surface area contributed by atoms with E-state index in [2.05, 4.69) is 29.0 Å². The van der Waals surface area contributed by atoms with Crippen LogP contribution in [-0.4, -0.2) is 30.2 Å². The van der Waals surface area contributed by atoms with E-state index in [1.54, 1.807) is 12.1 Å². The molecule has 0 radical (unpaired) electrons. The van der Waals surface area contributed by atoms with E-state index in [-0.39, 0.29) is 17.2 Å². The van der Waals surface area contributed by atoms with E-state index < -0.39 is 4.92 Å². The molecule has 0 aliphatic heterocycles. The van der Waals surface area contributed by atoms with Gasteiger partial charge in [-0.25, -0.2) is 0 Å². The van der Waals surface area contributed by atoms with Crippen LogP contribution in [0.5, 0.6) is 11.5 Å². The highest BCUT2D eigenvalue weighted by molar-refractivity contribution is 5.62. The third-order valence-corrected chi connectivity index (χ3v) is 5.53. The Bertz CT molecular complexity index is 905. The van der Waals surface area contributed by atoms with E-state index in [1.165, 1.54) is 63.8 Å². The number of nitro benzene ring substituents is 1. The van der Waals surface area contributed by atoms with Gasteiger partial charge in [-0.3, -0.25) is 10.1 Å². The lowest BCUT2D eigenvalue weighted by Crippen LogP contribution is -2.25. The van der Waals surface area contributed by atoms with E-state index in [1.807, 2.05) is 6.07 Å². The first-order valence-corrected chi connectivity index (χ1v) is 11.8. The van der Waals surface area contributed by atoms with Crippen molar-refractivity contribution in [3.63, 3.8) is 0 Å². The van der Waals surface area contributed by atoms with Gasteiger partial charge in [-0.1, -0.05) is 52.4 Å². The van der Waals surface area contributed by atoms with Gasteiger partial charge in [0.25, 0.3) is 5.69 Å². The van der Waals surface area contributed by atoms with Gasteiger partial charge in [-0.05, 0) is 31.0 Å². The summed E-state index contributed by atoms with van der Waals surface area (Å²) >= 11 is 0. The Balaban J connectivity index is 2.15. The van der Waals surface area contributed by atoms with Crippen LogP contribution in [0.2, 0.25) is 0 Å². The summed E-state index contributed by atoms with van der Waals surface area (Å²) in [6.07, 6.45) is 9.55. The third-order valence-electron chi connectivity index (χ3n) is 5.53. The number of benzene rings is 2. The first-order chi connectivity index (χ1) is 16.0. The minimum absolute atomic E-state index is 0.0456. The van der Waals surface area contributed by atoms with Crippen LogP contribution in [0, 0.1) is 10.1 Å². The van der Waals surface area contributed by atoms with Crippen molar-refractivity contribution in [3.8, 4) is 11.5 Å². The number of nitro groups is 1. The summed E-state index contributed by atoms with van der Waals surface area (Å²) in [4.78, 5) is 12.8. The van der Waals surface area contributed by atoms with Crippen molar-refractivity contribution in [2.24, 2.45) is 10.2 Å². The fourth-order valence-electron chi connectivity index (χ4n) is 3.59. The summed E-state index contributed by atoms with van der Waals surface area (Å²) in [6, 6.07) is 9.56. The maximum Gasteiger partial charge on any atom is 0.273 e. The van der Waals surface area contributed by atoms with Crippen molar-refractivity contribution >= 4 is 22.7 Å². The average molecular weight is 457 g/mol. The molecule has 0 aliphatic carbocycles. The lowest BCUT2D eigenvalue weighted by Gasteiger charge is -2.25. The van der Waals surface area contributed by atoms with Crippen molar-refractivity contribution in [1.82, 2.24) is 0 Å². The SMILES string of the molecule is CCCCCCN(CCCCCC)c1ccc(N=Nc2ccc([N+](=O)[O-])cc2OC)c(O)c1. The first kappa shape index (κ1) is 26.1. The van der Waals surface area contributed by atoms with Crippen LogP contribution < -0.4 is 9.64 Å². The molecule has 0 amide bonds. The van der Waals surface area contributed by atoms with Crippen molar-refractivity contribution in [1.29, 1.82) is 0 Å². The Morgan fingerprint density at radius 2 is 1.52 bits per heavy atom. The summed E-state index contributed by atoms with van der Waals surface area (Å²) in [5, 5.41) is 29.8. The zero-order valence-electron chi connectivity index (χ0n) is 20.0. The Kier molecular flexibility index (Phi) is 11.1. The molecule has 0 aromatic heterocycles. The molecule has 0 bridgehead atoms. The molecule has 33 heavy (non-hydrogen) atoms. The molecule has 8 nitrogen and oxygen atoms in total. The van der Waals surface area contributed by atoms with Crippen LogP contribution in [0.25, 0.3) is 0 Å². The number of non-ortho nitro benzene ring substituents is 1. The van der Waals surface area contributed by atoms with Crippen LogP contribution in [0.3, 0.4) is 0 Å². The molecule has 2 rings (SSSR count). The second kappa shape index (κ2) is 14.1. The van der Waals surface area contributed by atoms with Crippen LogP contribution in [0.1, 0.15) is 65.2 Å². The maximum absolute atomic E-state index is 10.9. The molecule has 2 aromatic carbocycles. The molecule has 180 valence electrons. The van der Waals surface area contributed by atoms with Gasteiger partial charge in [0.1, 0.15) is 17.1 Å². The van der Waals surface area contributed by atoms with E-state index in [0.717, 1.165) is 31.6 Å². The van der Waals surface area contributed by atoms with Crippen LogP contribution in [-0.2, 0) is 0 Å². The van der Waals surface area contributed by atoms with Gasteiger partial charge in [0.2, 0.25) is 0 Å². The first-order valence-electron chi connectivity index (χ1n) is 11.8. The monoisotopic (exact) mass is 456 g/mol. The number of azo groups is 1. The van der Waals surface area contributed by atoms with Gasteiger partial charge in [0, 0.05) is 30.9 Å². The predicted octanol–water partition coefficient (Wildman–Crippen LogP) is 7.69. The molecule has 0 atom stereocenters. The van der Waals surface area contributed by atoms with Crippen molar-refractivity contribution in [2.45, 2.75) is 65.2 Å². The molecule has 0 fully saturated rings. The van der Waals surface area contributed by atoms with Crippen LogP contribution >= 0.6 is 0 Å². The van der Waals surface area contributed by atoms with Gasteiger partial charge < -0.3 is 14.7 Å². The summed E-state index contributed by atoms with van der Waals surface area (Å²) in [5.41, 5.74) is 1.57. The molecule has 1 N–H and O–H groups in total. The maximum atomic E-state index is 10.9. The highest BCUT2D eigenvalue weighted by Crippen LogP contribution is 2.36. The lowest BCUT2D eigenvalue weighted by atomic mass is 10.1. The topological polar surface area (TPSA) is 101 Å². The molecule has 0 heterocycles. The van der Waals surface area contributed by atoms with Gasteiger partial charge in [-0.2, -0.15) is 0 Å². The number of phenolic OH excluding ortho intramolecular Hbond substituents is 1. The molecular weight excluding hydrogens is 420 g/mol. The van der Waals surface area contributed by atoms with Gasteiger partial charge in [0.05, 0.1) is 18.1 Å². The Morgan fingerprint density at radius 1 is 0.909 bits per heavy atom. The smallest absolute Gasteiger partial charge is 0.273 e. The molecular formula is C25H36N4O4. The zero-order chi connectivity index (χ0) is 24.1. The highest BCUT2D eigenvalue weighted by atomic mass is 16.6. The molecule has 0 saturated heterocycles. The number of anilines is 1. The molecule has 2 aromatic rings. The second-order valence-electron chi connectivity index (χ2n) is 8.09. The lowest BCUT2D eigenvalue weighted by molar-refractivity contribution is -0.384. The number of methoxy groups -OCH3 is 1. The number of ether oxygens (including phenoxy) is 1. The number of unbranched alkanes of at least 4 members (excludes halogenated alkanes) is 6. The summed E-state index contributed by atoms with van der Waals surface area (Å²) in [5.74, 6) is 0.290. The molecule has 0 spiro atoms. The number of hydrogen-bond acceptors (Lipinski definition) is 7. The molecule has 8 heteroatoms. The highest BCUT2D eigenvalue weighted by Gasteiger charge is 2.12. The molecule has 0 unspecified atom stereocenters. The second-order valence-corrected chi connectivity index (χ2v) is 8.09. The minimum Gasteiger partial charge on any atom is -0.506 e. The normalized spacial score (nSPS) is 11.1. The van der Waals surface area contributed by atoms with E-state index in [9.17, 15) is 15.2 Å². The predicted molar refractivity (Wildman–Crippen MR) is 132 cm³/mol. The summed E-state index contributed by atoms with van der Waals surface area (Å²) in [6.45, 7) is 6.35. The van der Waals surface area contributed by atoms with E-state index in [4.69, 9.17) is 4.74 Å². The quantitative estimate of drug-likeness (QED) is 0.128. The van der Waals surface area contributed by atoms with Gasteiger partial charge >= 0.3 is 0 Å². The number of rotatable bonds is 15. The number of aromatic hydroxyl groups is 1. The van der Waals surface area contributed by atoms with Crippen LogP contribution in [0.15, 0.2) is 46.6 Å². The zero-order valence-corrected chi connectivity index (χ0v) is 20.0. The largest absolute Gasteiger partial charge is 0.506 e. The van der Waals surface area contributed by atoms with Crippen molar-refractivity contribution in [3.05, 3.63) is 46.5 Å². The Hall–Kier alpha value is -3.16. The molecule has 0 aliphatic rings. The fraction of sp³-hybridized carbons (Fsp3) is 0.520. The van der Waals surface area contributed by atoms with Crippen LogP contribution in [0.4, 0.5) is 22.7 Å². The minimum atomic E-state index is -0.496. The summed E-state index contributed by atoms with van der Waals surface area (Å²) in [7, 11) is 1.42.